The van der Waals surface area contributed by atoms with E-state index in [1.165, 1.54) is 35.5 Å². The van der Waals surface area contributed by atoms with E-state index in [-0.39, 0.29) is 17.8 Å². The Morgan fingerprint density at radius 3 is 2.88 bits per heavy atom. The number of anilines is 1. The molecule has 0 radical (unpaired) electrons. The van der Waals surface area contributed by atoms with Crippen molar-refractivity contribution in [3.05, 3.63) is 46.5 Å². The van der Waals surface area contributed by atoms with E-state index in [4.69, 9.17) is 0 Å². The van der Waals surface area contributed by atoms with E-state index in [1.54, 1.807) is 0 Å². The van der Waals surface area contributed by atoms with Crippen LogP contribution in [0.3, 0.4) is 0 Å². The van der Waals surface area contributed by atoms with Gasteiger partial charge in [0.15, 0.2) is 21.6 Å². The van der Waals surface area contributed by atoms with E-state index < -0.39 is 17.5 Å². The van der Waals surface area contributed by atoms with Crippen molar-refractivity contribution >= 4 is 45.0 Å². The van der Waals surface area contributed by atoms with Crippen molar-refractivity contribution < 1.29 is 13.6 Å². The van der Waals surface area contributed by atoms with E-state index in [2.05, 4.69) is 15.3 Å². The third-order valence-electron chi connectivity index (χ3n) is 3.06. The average Bonchev–Trinajstić information content (AvgIpc) is 2.98. The maximum absolute atomic E-state index is 13.1. The number of thiazole rings is 1. The van der Waals surface area contributed by atoms with Crippen LogP contribution in [0.25, 0.3) is 10.3 Å². The second kappa shape index (κ2) is 6.65. The summed E-state index contributed by atoms with van der Waals surface area (Å²) in [5, 5.41) is 2.40. The van der Waals surface area contributed by atoms with Crippen LogP contribution >= 0.6 is 23.1 Å². The third-order valence-corrected chi connectivity index (χ3v) is 5.07. The molecular weight excluding hydrogens is 358 g/mol. The van der Waals surface area contributed by atoms with Crippen LogP contribution in [0, 0.1) is 11.6 Å². The third kappa shape index (κ3) is 3.29. The van der Waals surface area contributed by atoms with Gasteiger partial charge >= 0.3 is 0 Å². The van der Waals surface area contributed by atoms with Gasteiger partial charge in [0.1, 0.15) is 17.6 Å². The average molecular weight is 368 g/mol. The Balaban J connectivity index is 1.81. The number of carbonyl (C=O) groups is 1. The summed E-state index contributed by atoms with van der Waals surface area (Å²) in [6, 6.07) is 3.01. The second-order valence-electron chi connectivity index (χ2n) is 4.69. The number of rotatable bonds is 4. The second-order valence-corrected chi connectivity index (χ2v) is 6.74. The summed E-state index contributed by atoms with van der Waals surface area (Å²) in [5.41, 5.74) is 0.0632. The number of nitrogens with one attached hydrogen (secondary N) is 1. The molecule has 1 N–H and O–H groups in total. The van der Waals surface area contributed by atoms with Gasteiger partial charge < -0.3 is 5.32 Å². The molecule has 2 aromatic heterocycles. The van der Waals surface area contributed by atoms with Gasteiger partial charge in [-0.3, -0.25) is 14.2 Å². The fraction of sp³-hybridized carbons (Fsp3) is 0.143. The molecule has 0 aliphatic heterocycles. The molecule has 1 aromatic carbocycles. The summed E-state index contributed by atoms with van der Waals surface area (Å²) in [6.45, 7) is -0.298. The maximum Gasteiger partial charge on any atom is 0.273 e. The van der Waals surface area contributed by atoms with Gasteiger partial charge in [0.05, 0.1) is 0 Å². The summed E-state index contributed by atoms with van der Waals surface area (Å²) < 4.78 is 28.2. The van der Waals surface area contributed by atoms with Crippen LogP contribution in [-0.4, -0.2) is 26.7 Å². The summed E-state index contributed by atoms with van der Waals surface area (Å²) in [5.74, 6) is -2.63. The Bertz CT molecular complexity index is 987. The highest BCUT2D eigenvalue weighted by Gasteiger charge is 2.13. The zero-order valence-corrected chi connectivity index (χ0v) is 13.9. The van der Waals surface area contributed by atoms with Crippen LogP contribution in [0.2, 0.25) is 0 Å². The number of halogens is 2. The number of hydrogen-bond donors (Lipinski definition) is 1. The zero-order chi connectivity index (χ0) is 17.3. The molecule has 0 saturated carbocycles. The molecule has 0 spiro atoms. The largest absolute Gasteiger partial charge is 0.324 e. The first kappa shape index (κ1) is 16.5. The van der Waals surface area contributed by atoms with Crippen LogP contribution in [0.1, 0.15) is 0 Å². The predicted molar refractivity (Wildman–Crippen MR) is 88.4 cm³/mol. The number of thioether (sulfide) groups is 1. The molecule has 6 nitrogen and oxygen atoms in total. The van der Waals surface area contributed by atoms with Gasteiger partial charge in [0, 0.05) is 11.8 Å². The summed E-state index contributed by atoms with van der Waals surface area (Å²) >= 11 is 2.61. The molecule has 3 aromatic rings. The van der Waals surface area contributed by atoms with E-state index in [1.807, 2.05) is 6.26 Å². The summed E-state index contributed by atoms with van der Waals surface area (Å²) in [7, 11) is 0. The number of carbonyl (C=O) groups excluding carboxylic acids is 1. The standard InChI is InChI=1S/C14H10F2N4O2S2/c1-23-14-19-12-11(24-14)13(22)20(6-17-12)5-10(21)18-7-2-3-8(15)9(16)4-7/h2-4,6H,5H2,1H3,(H,18,21). The van der Waals surface area contributed by atoms with E-state index in [0.717, 1.165) is 16.7 Å². The number of fused-ring (bicyclic) bond motifs is 1. The van der Waals surface area contributed by atoms with Crippen LogP contribution < -0.4 is 10.9 Å². The molecule has 24 heavy (non-hydrogen) atoms. The lowest BCUT2D eigenvalue weighted by atomic mass is 10.3. The first-order chi connectivity index (χ1) is 11.5. The molecule has 0 fully saturated rings. The number of nitrogens with zero attached hydrogens (tertiary/aromatic N) is 3. The molecule has 2 heterocycles. The number of hydrogen-bond acceptors (Lipinski definition) is 6. The highest BCUT2D eigenvalue weighted by atomic mass is 32.2. The minimum atomic E-state index is -1.07. The molecule has 0 bridgehead atoms. The van der Waals surface area contributed by atoms with Crippen LogP contribution in [0.4, 0.5) is 14.5 Å². The van der Waals surface area contributed by atoms with Gasteiger partial charge in [-0.1, -0.05) is 11.8 Å². The fourth-order valence-corrected chi connectivity index (χ4v) is 3.42. The van der Waals surface area contributed by atoms with Crippen molar-refractivity contribution in [1.29, 1.82) is 0 Å². The van der Waals surface area contributed by atoms with Crippen molar-refractivity contribution in [2.75, 3.05) is 11.6 Å². The normalized spacial score (nSPS) is 11.0. The predicted octanol–water partition coefficient (Wildman–Crippen LogP) is 2.49. The fourth-order valence-electron chi connectivity index (χ4n) is 1.96. The maximum atomic E-state index is 13.1. The van der Waals surface area contributed by atoms with Gasteiger partial charge in [-0.2, -0.15) is 0 Å². The van der Waals surface area contributed by atoms with Crippen molar-refractivity contribution in [3.8, 4) is 0 Å². The van der Waals surface area contributed by atoms with E-state index >= 15 is 0 Å². The smallest absolute Gasteiger partial charge is 0.273 e. The van der Waals surface area contributed by atoms with Crippen LogP contribution in [0.5, 0.6) is 0 Å². The van der Waals surface area contributed by atoms with Gasteiger partial charge in [0.25, 0.3) is 5.56 Å². The van der Waals surface area contributed by atoms with Gasteiger partial charge in [-0.05, 0) is 18.4 Å². The first-order valence-electron chi connectivity index (χ1n) is 6.63. The number of amides is 1. The van der Waals surface area contributed by atoms with Crippen LogP contribution in [0.15, 0.2) is 33.7 Å². The Morgan fingerprint density at radius 2 is 2.17 bits per heavy atom. The SMILES string of the molecule is CSc1nc2ncn(CC(=O)Nc3ccc(F)c(F)c3)c(=O)c2s1. The highest BCUT2D eigenvalue weighted by molar-refractivity contribution is 8.00. The van der Waals surface area contributed by atoms with E-state index in [9.17, 15) is 18.4 Å². The Kier molecular flexibility index (Phi) is 4.58. The molecule has 0 aliphatic rings. The highest BCUT2D eigenvalue weighted by Crippen LogP contribution is 2.24. The topological polar surface area (TPSA) is 76.9 Å². The van der Waals surface area contributed by atoms with Gasteiger partial charge in [0.2, 0.25) is 5.91 Å². The van der Waals surface area contributed by atoms with E-state index in [0.29, 0.717) is 14.7 Å². The molecule has 1 amide bonds. The molecule has 0 saturated heterocycles. The molecule has 0 unspecified atom stereocenters. The summed E-state index contributed by atoms with van der Waals surface area (Å²) in [6.07, 6.45) is 3.07. The lowest BCUT2D eigenvalue weighted by Crippen LogP contribution is -2.27. The van der Waals surface area contributed by atoms with Crippen molar-refractivity contribution in [2.24, 2.45) is 0 Å². The lowest BCUT2D eigenvalue weighted by molar-refractivity contribution is -0.116. The molecule has 0 aliphatic carbocycles. The van der Waals surface area contributed by atoms with Crippen LogP contribution in [-0.2, 0) is 11.3 Å². The van der Waals surface area contributed by atoms with Crippen molar-refractivity contribution in [1.82, 2.24) is 14.5 Å². The monoisotopic (exact) mass is 368 g/mol. The molecule has 124 valence electrons. The van der Waals surface area contributed by atoms with Crippen molar-refractivity contribution in [3.63, 3.8) is 0 Å². The Labute approximate surface area is 142 Å². The number of benzene rings is 1. The summed E-state index contributed by atoms with van der Waals surface area (Å²) in [4.78, 5) is 32.6. The van der Waals surface area contributed by atoms with Gasteiger partial charge in [-0.15, -0.1) is 11.3 Å². The lowest BCUT2D eigenvalue weighted by Gasteiger charge is -2.07. The molecule has 3 rings (SSSR count). The first-order valence-corrected chi connectivity index (χ1v) is 8.67. The zero-order valence-electron chi connectivity index (χ0n) is 12.2. The molecular formula is C14H10F2N4O2S2. The Morgan fingerprint density at radius 1 is 1.38 bits per heavy atom. The molecule has 0 atom stereocenters. The molecule has 10 heteroatoms. The quantitative estimate of drug-likeness (QED) is 0.716. The van der Waals surface area contributed by atoms with Gasteiger partial charge in [-0.25, -0.2) is 18.7 Å². The number of aromatic nitrogens is 3. The van der Waals surface area contributed by atoms with Crippen molar-refractivity contribution in [2.45, 2.75) is 10.9 Å². The Hall–Kier alpha value is -2.33. The minimum absolute atomic E-state index is 0.100. The minimum Gasteiger partial charge on any atom is -0.324 e.